The van der Waals surface area contributed by atoms with Gasteiger partial charge in [0, 0.05) is 23.9 Å². The topological polar surface area (TPSA) is 98.4 Å². The molecular weight excluding hydrogens is 398 g/mol. The Bertz CT molecular complexity index is 943. The van der Waals surface area contributed by atoms with Gasteiger partial charge in [0.2, 0.25) is 5.88 Å². The molecule has 0 amide bonds. The monoisotopic (exact) mass is 416 g/mol. The van der Waals surface area contributed by atoms with E-state index in [-0.39, 0.29) is 22.4 Å². The smallest absolute Gasteiger partial charge is 0.277 e. The molecule has 1 aliphatic heterocycles. The quantitative estimate of drug-likeness (QED) is 0.550. The number of ether oxygens (including phenoxy) is 1. The van der Waals surface area contributed by atoms with Gasteiger partial charge in [-0.15, -0.1) is 0 Å². The van der Waals surface area contributed by atoms with Gasteiger partial charge in [0.1, 0.15) is 0 Å². The van der Waals surface area contributed by atoms with E-state index in [1.165, 1.54) is 12.1 Å². The van der Waals surface area contributed by atoms with Crippen molar-refractivity contribution in [2.45, 2.75) is 30.3 Å². The van der Waals surface area contributed by atoms with E-state index >= 15 is 0 Å². The number of hydrogen-bond donors (Lipinski definition) is 1. The van der Waals surface area contributed by atoms with E-state index in [4.69, 9.17) is 9.88 Å². The lowest BCUT2D eigenvalue weighted by atomic mass is 10.0. The SMILES string of the molecule is CCOc1cc(C2CCN2S(N)(=O)=O)nc(SCc2cccc(F)c2F)n1. The molecule has 1 aromatic carbocycles. The zero-order chi connectivity index (χ0) is 19.6. The molecule has 0 radical (unpaired) electrons. The van der Waals surface area contributed by atoms with Crippen LogP contribution in [0.25, 0.3) is 0 Å². The molecule has 1 atom stereocenters. The van der Waals surface area contributed by atoms with Crippen molar-refractivity contribution < 1.29 is 21.9 Å². The van der Waals surface area contributed by atoms with Crippen LogP contribution in [0.4, 0.5) is 8.78 Å². The van der Waals surface area contributed by atoms with Crippen molar-refractivity contribution in [3.8, 4) is 5.88 Å². The first-order chi connectivity index (χ1) is 12.8. The van der Waals surface area contributed by atoms with Gasteiger partial charge < -0.3 is 4.74 Å². The molecular formula is C16H18F2N4O3S2. The molecule has 1 aliphatic rings. The molecule has 27 heavy (non-hydrogen) atoms. The van der Waals surface area contributed by atoms with Gasteiger partial charge in [0.15, 0.2) is 16.8 Å². The molecule has 2 heterocycles. The van der Waals surface area contributed by atoms with Crippen molar-refractivity contribution in [2.24, 2.45) is 5.14 Å². The predicted octanol–water partition coefficient (Wildman–Crippen LogP) is 2.40. The van der Waals surface area contributed by atoms with Crippen LogP contribution in [0.5, 0.6) is 5.88 Å². The Labute approximate surface area is 160 Å². The maximum atomic E-state index is 13.8. The zero-order valence-corrected chi connectivity index (χ0v) is 16.1. The third-order valence-corrected chi connectivity index (χ3v) is 6.01. The van der Waals surface area contributed by atoms with E-state index in [0.717, 1.165) is 22.1 Å². The van der Waals surface area contributed by atoms with Gasteiger partial charge >= 0.3 is 0 Å². The summed E-state index contributed by atoms with van der Waals surface area (Å²) in [5.41, 5.74) is 0.637. The normalized spacial score (nSPS) is 17.6. The number of hydrogen-bond acceptors (Lipinski definition) is 6. The first kappa shape index (κ1) is 19.9. The van der Waals surface area contributed by atoms with Crippen molar-refractivity contribution in [1.82, 2.24) is 14.3 Å². The largest absolute Gasteiger partial charge is 0.478 e. The maximum Gasteiger partial charge on any atom is 0.277 e. The van der Waals surface area contributed by atoms with Crippen molar-refractivity contribution in [1.29, 1.82) is 0 Å². The third-order valence-electron chi connectivity index (χ3n) is 4.02. The minimum absolute atomic E-state index is 0.113. The summed E-state index contributed by atoms with van der Waals surface area (Å²) >= 11 is 1.10. The summed E-state index contributed by atoms with van der Waals surface area (Å²) in [7, 11) is -3.83. The Hall–Kier alpha value is -1.82. The highest BCUT2D eigenvalue weighted by atomic mass is 32.2. The van der Waals surface area contributed by atoms with Gasteiger partial charge in [0.25, 0.3) is 10.2 Å². The summed E-state index contributed by atoms with van der Waals surface area (Å²) in [5.74, 6) is -1.44. The summed E-state index contributed by atoms with van der Waals surface area (Å²) in [6.07, 6.45) is 0.571. The van der Waals surface area contributed by atoms with E-state index in [2.05, 4.69) is 9.97 Å². The van der Waals surface area contributed by atoms with Crippen LogP contribution in [0.3, 0.4) is 0 Å². The number of benzene rings is 1. The van der Waals surface area contributed by atoms with Crippen molar-refractivity contribution in [3.05, 3.63) is 47.2 Å². The molecule has 0 saturated carbocycles. The van der Waals surface area contributed by atoms with Gasteiger partial charge in [-0.05, 0) is 19.4 Å². The Morgan fingerprint density at radius 2 is 2.15 bits per heavy atom. The summed E-state index contributed by atoms with van der Waals surface area (Å²) in [6, 6.07) is 5.03. The number of rotatable bonds is 7. The highest BCUT2D eigenvalue weighted by Crippen LogP contribution is 2.36. The first-order valence-electron chi connectivity index (χ1n) is 8.16. The molecule has 2 N–H and O–H groups in total. The standard InChI is InChI=1S/C16H18F2N4O3S2/c1-2-25-14-8-12(13-6-7-22(13)27(19,23)24)20-16(21-14)26-9-10-4-3-5-11(17)15(10)18/h3-5,8,13H,2,6-7,9H2,1H3,(H2,19,23,24). The molecule has 2 aromatic rings. The summed E-state index contributed by atoms with van der Waals surface area (Å²) in [4.78, 5) is 8.60. The van der Waals surface area contributed by atoms with Crippen LogP contribution < -0.4 is 9.88 Å². The highest BCUT2D eigenvalue weighted by Gasteiger charge is 2.38. The highest BCUT2D eigenvalue weighted by molar-refractivity contribution is 7.98. The first-order valence-corrected chi connectivity index (χ1v) is 10.7. The van der Waals surface area contributed by atoms with E-state index < -0.39 is 27.9 Å². The van der Waals surface area contributed by atoms with Crippen LogP contribution in [0.1, 0.15) is 30.6 Å². The second-order valence-corrected chi connectivity index (χ2v) is 8.25. The number of aromatic nitrogens is 2. The lowest BCUT2D eigenvalue weighted by Crippen LogP contribution is -2.48. The van der Waals surface area contributed by atoms with Gasteiger partial charge in [-0.2, -0.15) is 17.7 Å². The van der Waals surface area contributed by atoms with Crippen molar-refractivity contribution >= 4 is 22.0 Å². The Morgan fingerprint density at radius 1 is 1.37 bits per heavy atom. The number of nitrogens with zero attached hydrogens (tertiary/aromatic N) is 3. The fourth-order valence-electron chi connectivity index (χ4n) is 2.64. The number of nitrogens with two attached hydrogens (primary N) is 1. The molecule has 1 fully saturated rings. The fourth-order valence-corrected chi connectivity index (χ4v) is 4.40. The van der Waals surface area contributed by atoms with E-state index in [0.29, 0.717) is 25.3 Å². The Morgan fingerprint density at radius 3 is 2.78 bits per heavy atom. The molecule has 146 valence electrons. The van der Waals surface area contributed by atoms with Crippen LogP contribution in [-0.4, -0.2) is 35.8 Å². The lowest BCUT2D eigenvalue weighted by molar-refractivity contribution is 0.195. The number of halogens is 2. The van der Waals surface area contributed by atoms with Crippen molar-refractivity contribution in [3.63, 3.8) is 0 Å². The van der Waals surface area contributed by atoms with Gasteiger partial charge in [0.05, 0.1) is 18.3 Å². The van der Waals surface area contributed by atoms with E-state index in [1.54, 1.807) is 13.0 Å². The average molecular weight is 416 g/mol. The summed E-state index contributed by atoms with van der Waals surface area (Å²) in [6.45, 7) is 2.47. The predicted molar refractivity (Wildman–Crippen MR) is 96.3 cm³/mol. The van der Waals surface area contributed by atoms with Gasteiger partial charge in [-0.1, -0.05) is 23.9 Å². The second kappa shape index (κ2) is 8.05. The van der Waals surface area contributed by atoms with Crippen LogP contribution in [0.15, 0.2) is 29.4 Å². The fraction of sp³-hybridized carbons (Fsp3) is 0.375. The minimum Gasteiger partial charge on any atom is -0.478 e. The molecule has 0 bridgehead atoms. The summed E-state index contributed by atoms with van der Waals surface area (Å²) in [5, 5.41) is 5.49. The molecule has 0 aliphatic carbocycles. The molecule has 1 aromatic heterocycles. The number of thioether (sulfide) groups is 1. The Balaban J connectivity index is 1.84. The second-order valence-electron chi connectivity index (χ2n) is 5.81. The van der Waals surface area contributed by atoms with Crippen LogP contribution in [-0.2, 0) is 16.0 Å². The molecule has 1 saturated heterocycles. The molecule has 3 rings (SSSR count). The Kier molecular flexibility index (Phi) is 5.94. The van der Waals surface area contributed by atoms with Crippen LogP contribution in [0.2, 0.25) is 0 Å². The molecule has 1 unspecified atom stereocenters. The molecule has 7 nitrogen and oxygen atoms in total. The van der Waals surface area contributed by atoms with Crippen molar-refractivity contribution in [2.75, 3.05) is 13.2 Å². The minimum atomic E-state index is -3.83. The van der Waals surface area contributed by atoms with Gasteiger partial charge in [-0.25, -0.2) is 18.9 Å². The van der Waals surface area contributed by atoms with E-state index in [1.807, 2.05) is 0 Å². The lowest BCUT2D eigenvalue weighted by Gasteiger charge is -2.37. The van der Waals surface area contributed by atoms with Crippen LogP contribution >= 0.6 is 11.8 Å². The average Bonchev–Trinajstić information content (AvgIpc) is 2.54. The maximum absolute atomic E-state index is 13.8. The summed E-state index contributed by atoms with van der Waals surface area (Å²) < 4.78 is 57.0. The zero-order valence-electron chi connectivity index (χ0n) is 14.4. The van der Waals surface area contributed by atoms with E-state index in [9.17, 15) is 17.2 Å². The third kappa shape index (κ3) is 4.54. The van der Waals surface area contributed by atoms with Crippen LogP contribution in [0, 0.1) is 11.6 Å². The molecule has 11 heteroatoms. The molecule has 0 spiro atoms. The van der Waals surface area contributed by atoms with Gasteiger partial charge in [-0.3, -0.25) is 0 Å².